The zero-order valence-electron chi connectivity index (χ0n) is 22.1. The highest BCUT2D eigenvalue weighted by Gasteiger charge is 2.10. The number of methoxy groups -OCH3 is 1. The highest BCUT2D eigenvalue weighted by Crippen LogP contribution is 2.13. The normalized spacial score (nSPS) is 13.1. The largest absolute Gasteiger partial charge is 0.379 e. The van der Waals surface area contributed by atoms with Crippen LogP contribution >= 0.6 is 0 Å². The van der Waals surface area contributed by atoms with E-state index in [0.29, 0.717) is 13.2 Å². The van der Waals surface area contributed by atoms with E-state index in [2.05, 4.69) is 28.1 Å². The lowest BCUT2D eigenvalue weighted by molar-refractivity contribution is -0.870. The summed E-state index contributed by atoms with van der Waals surface area (Å²) in [7, 11) is 8.28. The Morgan fingerprint density at radius 3 is 1.32 bits per heavy atom. The van der Waals surface area contributed by atoms with Crippen LogP contribution in [0.3, 0.4) is 0 Å². The molecule has 0 spiro atoms. The zero-order valence-corrected chi connectivity index (χ0v) is 22.1. The van der Waals surface area contributed by atoms with Crippen LogP contribution in [0.5, 0.6) is 0 Å². The minimum atomic E-state index is 0.0496. The van der Waals surface area contributed by atoms with Crippen LogP contribution in [0, 0.1) is 0 Å². The Hall–Kier alpha value is -0.160. The summed E-state index contributed by atoms with van der Waals surface area (Å²) in [4.78, 5) is 0. The molecule has 0 saturated carbocycles. The standard InChI is InChI=1S/C27H58NO3/c1-6-7-8-9-10-11-12-13-14-15-16-17-18-19-20-21-23-30-25-27(29-5)26-31-24-22-28(2,3)4/h27H,6-26H2,1-5H3/q+1. The molecule has 0 aromatic carbocycles. The van der Waals surface area contributed by atoms with Crippen molar-refractivity contribution < 1.29 is 18.7 Å². The van der Waals surface area contributed by atoms with E-state index in [1.165, 1.54) is 96.3 Å². The van der Waals surface area contributed by atoms with Crippen molar-refractivity contribution in [3.63, 3.8) is 0 Å². The fourth-order valence-electron chi connectivity index (χ4n) is 3.70. The Bertz CT molecular complexity index is 344. The van der Waals surface area contributed by atoms with Gasteiger partial charge in [0.15, 0.2) is 0 Å². The number of rotatable bonds is 25. The predicted octanol–water partition coefficient (Wildman–Crippen LogP) is 7.00. The summed E-state index contributed by atoms with van der Waals surface area (Å²) >= 11 is 0. The zero-order chi connectivity index (χ0) is 23.0. The van der Waals surface area contributed by atoms with Gasteiger partial charge in [-0.15, -0.1) is 0 Å². The first-order valence-electron chi connectivity index (χ1n) is 13.5. The molecular formula is C27H58NO3+. The SMILES string of the molecule is CCCCCCCCCCCCCCCCCCOCC(COCC[N+](C)(C)C)OC. The average molecular weight is 445 g/mol. The van der Waals surface area contributed by atoms with Crippen LogP contribution in [0.1, 0.15) is 110 Å². The maximum Gasteiger partial charge on any atom is 0.104 e. The molecule has 0 aliphatic carbocycles. The van der Waals surface area contributed by atoms with Crippen LogP contribution in [-0.4, -0.2) is 71.8 Å². The van der Waals surface area contributed by atoms with Crippen LogP contribution in [0.4, 0.5) is 0 Å². The van der Waals surface area contributed by atoms with Crippen LogP contribution in [-0.2, 0) is 14.2 Å². The van der Waals surface area contributed by atoms with E-state index in [0.717, 1.165) is 30.7 Å². The van der Waals surface area contributed by atoms with Gasteiger partial charge in [0.1, 0.15) is 12.6 Å². The summed E-state index contributed by atoms with van der Waals surface area (Å²) in [5.74, 6) is 0. The number of hydrogen-bond donors (Lipinski definition) is 0. The number of nitrogens with zero attached hydrogens (tertiary/aromatic N) is 1. The van der Waals surface area contributed by atoms with E-state index < -0.39 is 0 Å². The van der Waals surface area contributed by atoms with Gasteiger partial charge in [-0.25, -0.2) is 0 Å². The maximum absolute atomic E-state index is 5.79. The molecule has 0 bridgehead atoms. The van der Waals surface area contributed by atoms with Crippen molar-refractivity contribution in [3.8, 4) is 0 Å². The quantitative estimate of drug-likeness (QED) is 0.112. The lowest BCUT2D eigenvalue weighted by Crippen LogP contribution is -2.38. The lowest BCUT2D eigenvalue weighted by Gasteiger charge is -2.24. The first-order valence-corrected chi connectivity index (χ1v) is 13.5. The highest BCUT2D eigenvalue weighted by molar-refractivity contribution is 4.55. The van der Waals surface area contributed by atoms with Crippen LogP contribution in [0.2, 0.25) is 0 Å². The average Bonchev–Trinajstić information content (AvgIpc) is 2.73. The third-order valence-electron chi connectivity index (χ3n) is 5.99. The maximum atomic E-state index is 5.79. The molecule has 0 fully saturated rings. The number of unbranched alkanes of at least 4 members (excludes halogenated alkanes) is 15. The minimum Gasteiger partial charge on any atom is -0.379 e. The second-order valence-electron chi connectivity index (χ2n) is 10.3. The van der Waals surface area contributed by atoms with Crippen LogP contribution < -0.4 is 0 Å². The second-order valence-corrected chi connectivity index (χ2v) is 10.3. The van der Waals surface area contributed by atoms with Crippen LogP contribution in [0.15, 0.2) is 0 Å². The lowest BCUT2D eigenvalue weighted by atomic mass is 10.0. The summed E-state index contributed by atoms with van der Waals surface area (Å²) in [6, 6.07) is 0. The van der Waals surface area contributed by atoms with Gasteiger partial charge in [0, 0.05) is 13.7 Å². The number of hydrogen-bond acceptors (Lipinski definition) is 3. The van der Waals surface area contributed by atoms with Gasteiger partial charge < -0.3 is 18.7 Å². The smallest absolute Gasteiger partial charge is 0.104 e. The van der Waals surface area contributed by atoms with Gasteiger partial charge >= 0.3 is 0 Å². The van der Waals surface area contributed by atoms with E-state index in [-0.39, 0.29) is 6.10 Å². The number of likely N-dealkylation sites (N-methyl/N-ethyl adjacent to an activating group) is 1. The monoisotopic (exact) mass is 444 g/mol. The fraction of sp³-hybridized carbons (Fsp3) is 1.00. The highest BCUT2D eigenvalue weighted by atomic mass is 16.6. The fourth-order valence-corrected chi connectivity index (χ4v) is 3.70. The molecule has 31 heavy (non-hydrogen) atoms. The summed E-state index contributed by atoms with van der Waals surface area (Å²) < 4.78 is 17.9. The molecular weight excluding hydrogens is 386 g/mol. The Morgan fingerprint density at radius 2 is 0.935 bits per heavy atom. The first kappa shape index (κ1) is 30.8. The van der Waals surface area contributed by atoms with Gasteiger partial charge in [0.05, 0.1) is 41.0 Å². The Labute approximate surface area is 196 Å². The van der Waals surface area contributed by atoms with E-state index >= 15 is 0 Å². The second kappa shape index (κ2) is 23.0. The van der Waals surface area contributed by atoms with E-state index in [9.17, 15) is 0 Å². The molecule has 1 unspecified atom stereocenters. The van der Waals surface area contributed by atoms with Crippen molar-refractivity contribution in [1.82, 2.24) is 0 Å². The predicted molar refractivity (Wildman–Crippen MR) is 135 cm³/mol. The third-order valence-corrected chi connectivity index (χ3v) is 5.99. The van der Waals surface area contributed by atoms with Gasteiger partial charge in [-0.3, -0.25) is 0 Å². The van der Waals surface area contributed by atoms with E-state index in [1.807, 2.05) is 0 Å². The summed E-state index contributed by atoms with van der Waals surface area (Å²) in [5, 5.41) is 0. The van der Waals surface area contributed by atoms with Crippen LogP contribution in [0.25, 0.3) is 0 Å². The number of ether oxygens (including phenoxy) is 3. The molecule has 0 aromatic heterocycles. The summed E-state index contributed by atoms with van der Waals surface area (Å²) in [5.41, 5.74) is 0. The molecule has 188 valence electrons. The molecule has 0 rings (SSSR count). The Kier molecular flexibility index (Phi) is 22.9. The van der Waals surface area contributed by atoms with Gasteiger partial charge in [-0.1, -0.05) is 103 Å². The van der Waals surface area contributed by atoms with Gasteiger partial charge in [-0.2, -0.15) is 0 Å². The van der Waals surface area contributed by atoms with Gasteiger partial charge in [0.25, 0.3) is 0 Å². The molecule has 0 aromatic rings. The topological polar surface area (TPSA) is 27.7 Å². The van der Waals surface area contributed by atoms with Crippen molar-refractivity contribution in [2.45, 2.75) is 116 Å². The molecule has 0 aliphatic rings. The van der Waals surface area contributed by atoms with Crippen molar-refractivity contribution in [2.24, 2.45) is 0 Å². The molecule has 0 aliphatic heterocycles. The molecule has 1 atom stereocenters. The Balaban J connectivity index is 3.24. The van der Waals surface area contributed by atoms with E-state index in [1.54, 1.807) is 7.11 Å². The minimum absolute atomic E-state index is 0.0496. The van der Waals surface area contributed by atoms with Gasteiger partial charge in [-0.05, 0) is 6.42 Å². The number of quaternary nitrogens is 1. The molecule has 4 nitrogen and oxygen atoms in total. The molecule has 0 saturated heterocycles. The molecule has 4 heteroatoms. The molecule has 0 amide bonds. The van der Waals surface area contributed by atoms with Crippen molar-refractivity contribution >= 4 is 0 Å². The first-order chi connectivity index (χ1) is 15.0. The summed E-state index contributed by atoms with van der Waals surface area (Å²) in [6.07, 6.45) is 22.5. The molecule has 0 N–H and O–H groups in total. The third kappa shape index (κ3) is 26.0. The Morgan fingerprint density at radius 1 is 0.548 bits per heavy atom. The summed E-state index contributed by atoms with van der Waals surface area (Å²) in [6.45, 7) is 6.17. The molecule has 0 heterocycles. The van der Waals surface area contributed by atoms with E-state index in [4.69, 9.17) is 14.2 Å². The molecule has 0 radical (unpaired) electrons. The van der Waals surface area contributed by atoms with Gasteiger partial charge in [0.2, 0.25) is 0 Å². The van der Waals surface area contributed by atoms with Crippen molar-refractivity contribution in [2.75, 3.05) is 61.2 Å². The van der Waals surface area contributed by atoms with Crippen molar-refractivity contribution in [3.05, 3.63) is 0 Å². The van der Waals surface area contributed by atoms with Crippen molar-refractivity contribution in [1.29, 1.82) is 0 Å².